The lowest BCUT2D eigenvalue weighted by atomic mass is 10.1. The molecule has 5 heteroatoms. The van der Waals surface area contributed by atoms with E-state index in [1.807, 2.05) is 0 Å². The van der Waals surface area contributed by atoms with Crippen LogP contribution in [-0.4, -0.2) is 26.8 Å². The van der Waals surface area contributed by atoms with Crippen molar-refractivity contribution in [1.29, 1.82) is 0 Å². The first kappa shape index (κ1) is 17.5. The molecule has 0 aromatic heterocycles. The Labute approximate surface area is 127 Å². The Morgan fingerprint density at radius 3 is 2.45 bits per heavy atom. The summed E-state index contributed by atoms with van der Waals surface area (Å²) in [5, 5.41) is 3.95. The van der Waals surface area contributed by atoms with Crippen LogP contribution in [0.4, 0.5) is 0 Å². The summed E-state index contributed by atoms with van der Waals surface area (Å²) < 4.78 is 24.0. The molecule has 1 aromatic rings. The van der Waals surface area contributed by atoms with Gasteiger partial charge in [-0.25, -0.2) is 8.42 Å². The van der Waals surface area contributed by atoms with Gasteiger partial charge >= 0.3 is 0 Å². The molecule has 0 fully saturated rings. The number of benzene rings is 1. The van der Waals surface area contributed by atoms with Crippen LogP contribution in [0.2, 0.25) is 5.02 Å². The average molecular weight is 318 g/mol. The highest BCUT2D eigenvalue weighted by atomic mass is 35.5. The molecule has 0 aliphatic carbocycles. The first-order chi connectivity index (χ1) is 9.43. The number of sulfone groups is 1. The maximum absolute atomic E-state index is 12.0. The van der Waals surface area contributed by atoms with Crippen molar-refractivity contribution in [2.45, 2.75) is 44.9 Å². The van der Waals surface area contributed by atoms with Gasteiger partial charge in [-0.2, -0.15) is 0 Å². The molecule has 1 unspecified atom stereocenters. The van der Waals surface area contributed by atoms with Crippen molar-refractivity contribution >= 4 is 21.4 Å². The molecule has 20 heavy (non-hydrogen) atoms. The van der Waals surface area contributed by atoms with Gasteiger partial charge in [0.05, 0.1) is 11.5 Å². The number of nitrogens with one attached hydrogen (secondary N) is 1. The van der Waals surface area contributed by atoms with Crippen LogP contribution in [0.3, 0.4) is 0 Å². The van der Waals surface area contributed by atoms with E-state index in [1.54, 1.807) is 24.3 Å². The Hall–Kier alpha value is -0.580. The zero-order valence-corrected chi connectivity index (χ0v) is 13.8. The molecule has 1 aromatic carbocycles. The normalized spacial score (nSPS) is 13.3. The molecule has 0 heterocycles. The van der Waals surface area contributed by atoms with Crippen molar-refractivity contribution < 1.29 is 8.42 Å². The topological polar surface area (TPSA) is 46.2 Å². The number of hydrogen-bond donors (Lipinski definition) is 1. The number of rotatable bonds is 9. The lowest BCUT2D eigenvalue weighted by Crippen LogP contribution is -2.25. The quantitative estimate of drug-likeness (QED) is 0.710. The first-order valence-electron chi connectivity index (χ1n) is 7.11. The standard InChI is InChI=1S/C15H24ClNO2S/c1-3-17-13(2)6-4-5-11-20(18,19)12-14-7-9-15(16)10-8-14/h7-10,13,17H,3-6,11-12H2,1-2H3. The van der Waals surface area contributed by atoms with Gasteiger partial charge in [0.25, 0.3) is 0 Å². The molecule has 3 nitrogen and oxygen atoms in total. The van der Waals surface area contributed by atoms with Gasteiger partial charge in [0.15, 0.2) is 9.84 Å². The fourth-order valence-corrected chi connectivity index (χ4v) is 3.74. The van der Waals surface area contributed by atoms with Crippen LogP contribution in [0.5, 0.6) is 0 Å². The summed E-state index contributed by atoms with van der Waals surface area (Å²) in [7, 11) is -3.02. The van der Waals surface area contributed by atoms with E-state index in [0.717, 1.165) is 31.4 Å². The van der Waals surface area contributed by atoms with Crippen molar-refractivity contribution in [3.05, 3.63) is 34.9 Å². The summed E-state index contributed by atoms with van der Waals surface area (Å²) in [6.07, 6.45) is 2.68. The van der Waals surface area contributed by atoms with Gasteiger partial charge in [-0.1, -0.05) is 37.1 Å². The molecule has 0 aliphatic heterocycles. The Morgan fingerprint density at radius 1 is 1.20 bits per heavy atom. The lowest BCUT2D eigenvalue weighted by molar-refractivity contribution is 0.507. The predicted molar refractivity (Wildman–Crippen MR) is 85.9 cm³/mol. The SMILES string of the molecule is CCNC(C)CCCCS(=O)(=O)Cc1ccc(Cl)cc1. The smallest absolute Gasteiger partial charge is 0.154 e. The van der Waals surface area contributed by atoms with Gasteiger partial charge in [-0.15, -0.1) is 0 Å². The van der Waals surface area contributed by atoms with Gasteiger partial charge in [0.1, 0.15) is 0 Å². The minimum atomic E-state index is -3.02. The minimum Gasteiger partial charge on any atom is -0.315 e. The highest BCUT2D eigenvalue weighted by Gasteiger charge is 2.12. The summed E-state index contributed by atoms with van der Waals surface area (Å²) in [5.41, 5.74) is 0.801. The molecular weight excluding hydrogens is 294 g/mol. The van der Waals surface area contributed by atoms with E-state index in [-0.39, 0.29) is 11.5 Å². The molecule has 1 N–H and O–H groups in total. The van der Waals surface area contributed by atoms with Crippen LogP contribution < -0.4 is 5.32 Å². The van der Waals surface area contributed by atoms with Crippen molar-refractivity contribution in [1.82, 2.24) is 5.32 Å². The van der Waals surface area contributed by atoms with Crippen LogP contribution in [0, 0.1) is 0 Å². The van der Waals surface area contributed by atoms with Gasteiger partial charge in [0, 0.05) is 11.1 Å². The van der Waals surface area contributed by atoms with Gasteiger partial charge in [0.2, 0.25) is 0 Å². The minimum absolute atomic E-state index is 0.104. The van der Waals surface area contributed by atoms with Crippen molar-refractivity contribution in [2.75, 3.05) is 12.3 Å². The molecule has 0 saturated carbocycles. The van der Waals surface area contributed by atoms with Crippen LogP contribution in [-0.2, 0) is 15.6 Å². The molecule has 0 saturated heterocycles. The molecule has 0 radical (unpaired) electrons. The molecular formula is C15H24ClNO2S. The van der Waals surface area contributed by atoms with Gasteiger partial charge < -0.3 is 5.32 Å². The Kier molecular flexibility index (Phi) is 7.56. The second kappa shape index (κ2) is 8.65. The second-order valence-electron chi connectivity index (χ2n) is 5.17. The Balaban J connectivity index is 2.33. The van der Waals surface area contributed by atoms with Crippen LogP contribution in [0.1, 0.15) is 38.7 Å². The molecule has 1 rings (SSSR count). The summed E-state index contributed by atoms with van der Waals surface area (Å²) in [4.78, 5) is 0. The average Bonchev–Trinajstić information content (AvgIpc) is 2.38. The van der Waals surface area contributed by atoms with Crippen molar-refractivity contribution in [2.24, 2.45) is 0 Å². The highest BCUT2D eigenvalue weighted by Crippen LogP contribution is 2.13. The monoisotopic (exact) mass is 317 g/mol. The number of halogens is 1. The fourth-order valence-electron chi connectivity index (χ4n) is 2.13. The lowest BCUT2D eigenvalue weighted by Gasteiger charge is -2.11. The van der Waals surface area contributed by atoms with Crippen LogP contribution >= 0.6 is 11.6 Å². The van der Waals surface area contributed by atoms with E-state index < -0.39 is 9.84 Å². The first-order valence-corrected chi connectivity index (χ1v) is 9.31. The van der Waals surface area contributed by atoms with Crippen LogP contribution in [0.25, 0.3) is 0 Å². The van der Waals surface area contributed by atoms with Gasteiger partial charge in [-0.05, 0) is 44.0 Å². The second-order valence-corrected chi connectivity index (χ2v) is 7.79. The van der Waals surface area contributed by atoms with Crippen molar-refractivity contribution in [3.63, 3.8) is 0 Å². The van der Waals surface area contributed by atoms with E-state index in [9.17, 15) is 8.42 Å². The highest BCUT2D eigenvalue weighted by molar-refractivity contribution is 7.90. The third kappa shape index (κ3) is 7.27. The van der Waals surface area contributed by atoms with E-state index in [4.69, 9.17) is 11.6 Å². The zero-order valence-electron chi connectivity index (χ0n) is 12.2. The van der Waals surface area contributed by atoms with E-state index in [2.05, 4.69) is 19.2 Å². The maximum Gasteiger partial charge on any atom is 0.154 e. The van der Waals surface area contributed by atoms with Gasteiger partial charge in [-0.3, -0.25) is 0 Å². The number of hydrogen-bond acceptors (Lipinski definition) is 3. The third-order valence-corrected chi connectivity index (χ3v) is 5.13. The summed E-state index contributed by atoms with van der Waals surface area (Å²) >= 11 is 5.79. The summed E-state index contributed by atoms with van der Waals surface area (Å²) in [6, 6.07) is 7.45. The largest absolute Gasteiger partial charge is 0.315 e. The molecule has 114 valence electrons. The van der Waals surface area contributed by atoms with Crippen molar-refractivity contribution in [3.8, 4) is 0 Å². The Bertz CT molecular complexity index is 485. The third-order valence-electron chi connectivity index (χ3n) is 3.19. The molecule has 0 spiro atoms. The predicted octanol–water partition coefficient (Wildman–Crippen LogP) is 3.42. The molecule has 0 bridgehead atoms. The van der Waals surface area contributed by atoms with E-state index in [1.165, 1.54) is 0 Å². The Morgan fingerprint density at radius 2 is 1.85 bits per heavy atom. The summed E-state index contributed by atoms with van der Waals surface area (Å²) in [5.74, 6) is 0.363. The number of unbranched alkanes of at least 4 members (excludes halogenated alkanes) is 1. The van der Waals surface area contributed by atoms with E-state index in [0.29, 0.717) is 11.1 Å². The molecule has 0 amide bonds. The van der Waals surface area contributed by atoms with Crippen LogP contribution in [0.15, 0.2) is 24.3 Å². The van der Waals surface area contributed by atoms with E-state index >= 15 is 0 Å². The maximum atomic E-state index is 12.0. The summed E-state index contributed by atoms with van der Waals surface area (Å²) in [6.45, 7) is 5.16. The molecule has 1 atom stereocenters. The molecule has 0 aliphatic rings. The zero-order chi connectivity index (χ0) is 15.0. The fraction of sp³-hybridized carbons (Fsp3) is 0.600.